The molecule has 0 atom stereocenters. The van der Waals surface area contributed by atoms with Crippen LogP contribution < -0.4 is 0 Å². The summed E-state index contributed by atoms with van der Waals surface area (Å²) in [5, 5.41) is 0. The summed E-state index contributed by atoms with van der Waals surface area (Å²) in [5.74, 6) is -0.113. The lowest BCUT2D eigenvalue weighted by Gasteiger charge is -1.87. The van der Waals surface area contributed by atoms with Gasteiger partial charge in [-0.1, -0.05) is 13.3 Å². The number of rotatable bonds is 2. The second-order valence-corrected chi connectivity index (χ2v) is 2.02. The third kappa shape index (κ3) is 1.49. The first-order chi connectivity index (χ1) is 4.33. The number of hydrogen-bond donors (Lipinski definition) is 0. The maximum absolute atomic E-state index is 10.5. The Bertz CT molecular complexity index is 179. The lowest BCUT2D eigenvalue weighted by molar-refractivity contribution is -0.113. The molecule has 0 fully saturated rings. The molecule has 0 aromatic heterocycles. The monoisotopic (exact) mass is 123 g/mol. The second-order valence-electron chi connectivity index (χ2n) is 2.02. The zero-order valence-electron chi connectivity index (χ0n) is 5.42. The maximum atomic E-state index is 10.5. The van der Waals surface area contributed by atoms with Gasteiger partial charge in [0.25, 0.3) is 5.91 Å². The predicted octanol–water partition coefficient (Wildman–Crippen LogP) is 1.32. The van der Waals surface area contributed by atoms with Crippen LogP contribution in [0.15, 0.2) is 17.1 Å². The van der Waals surface area contributed by atoms with Gasteiger partial charge in [0.15, 0.2) is 0 Å². The minimum atomic E-state index is -0.113. The Morgan fingerprint density at radius 3 is 2.78 bits per heavy atom. The van der Waals surface area contributed by atoms with Gasteiger partial charge in [0.2, 0.25) is 0 Å². The van der Waals surface area contributed by atoms with E-state index in [1.807, 2.05) is 0 Å². The molecule has 9 heavy (non-hydrogen) atoms. The summed E-state index contributed by atoms with van der Waals surface area (Å²) in [6.45, 7) is 2.07. The minimum absolute atomic E-state index is 0.113. The third-order valence-electron chi connectivity index (χ3n) is 1.18. The van der Waals surface area contributed by atoms with Gasteiger partial charge in [-0.25, -0.2) is 4.99 Å². The van der Waals surface area contributed by atoms with Gasteiger partial charge in [0, 0.05) is 11.8 Å². The van der Waals surface area contributed by atoms with E-state index in [9.17, 15) is 4.79 Å². The van der Waals surface area contributed by atoms with Crippen LogP contribution in [-0.4, -0.2) is 11.6 Å². The van der Waals surface area contributed by atoms with Crippen LogP contribution in [0.25, 0.3) is 0 Å². The Labute approximate surface area is 54.3 Å². The molecule has 0 aromatic carbocycles. The Morgan fingerprint density at radius 1 is 1.56 bits per heavy atom. The molecule has 1 aliphatic heterocycles. The highest BCUT2D eigenvalue weighted by Gasteiger charge is 2.03. The van der Waals surface area contributed by atoms with E-state index < -0.39 is 0 Å². The summed E-state index contributed by atoms with van der Waals surface area (Å²) in [4.78, 5) is 14.2. The van der Waals surface area contributed by atoms with Crippen LogP contribution in [0.2, 0.25) is 0 Å². The van der Waals surface area contributed by atoms with E-state index in [1.54, 1.807) is 6.08 Å². The number of carbonyl (C=O) groups excluding carboxylic acids is 1. The topological polar surface area (TPSA) is 29.4 Å². The molecule has 1 aliphatic rings. The summed E-state index contributed by atoms with van der Waals surface area (Å²) in [6.07, 6.45) is 5.26. The Kier molecular flexibility index (Phi) is 1.78. The van der Waals surface area contributed by atoms with Gasteiger partial charge < -0.3 is 0 Å². The molecule has 0 N–H and O–H groups in total. The lowest BCUT2D eigenvalue weighted by atomic mass is 10.2. The van der Waals surface area contributed by atoms with Crippen molar-refractivity contribution in [2.24, 2.45) is 4.99 Å². The van der Waals surface area contributed by atoms with Gasteiger partial charge in [-0.15, -0.1) is 0 Å². The van der Waals surface area contributed by atoms with Crippen LogP contribution in [0.4, 0.5) is 0 Å². The van der Waals surface area contributed by atoms with Gasteiger partial charge >= 0.3 is 0 Å². The van der Waals surface area contributed by atoms with E-state index in [2.05, 4.69) is 11.9 Å². The molecule has 2 nitrogen and oxygen atoms in total. The molecule has 1 rings (SSSR count). The number of nitrogens with zero attached hydrogens (tertiary/aromatic N) is 1. The van der Waals surface area contributed by atoms with Gasteiger partial charge in [0.05, 0.1) is 0 Å². The van der Waals surface area contributed by atoms with Crippen molar-refractivity contribution in [3.8, 4) is 0 Å². The number of amides is 1. The summed E-state index contributed by atoms with van der Waals surface area (Å²) < 4.78 is 0. The zero-order valence-corrected chi connectivity index (χ0v) is 5.42. The van der Waals surface area contributed by atoms with Crippen molar-refractivity contribution in [1.29, 1.82) is 0 Å². The van der Waals surface area contributed by atoms with Crippen molar-refractivity contribution in [3.05, 3.63) is 12.2 Å². The summed E-state index contributed by atoms with van der Waals surface area (Å²) in [5.41, 5.74) is 0.919. The van der Waals surface area contributed by atoms with Gasteiger partial charge in [-0.2, -0.15) is 0 Å². The first-order valence-electron chi connectivity index (χ1n) is 3.12. The molecule has 0 bridgehead atoms. The van der Waals surface area contributed by atoms with Crippen molar-refractivity contribution in [2.45, 2.75) is 19.8 Å². The molecule has 0 saturated heterocycles. The number of hydrogen-bond acceptors (Lipinski definition) is 1. The van der Waals surface area contributed by atoms with Crippen LogP contribution in [0, 0.1) is 0 Å². The third-order valence-corrected chi connectivity index (χ3v) is 1.18. The largest absolute Gasteiger partial charge is 0.269 e. The van der Waals surface area contributed by atoms with E-state index in [0.29, 0.717) is 0 Å². The first-order valence-corrected chi connectivity index (χ1v) is 3.12. The fourth-order valence-corrected chi connectivity index (χ4v) is 0.779. The maximum Gasteiger partial charge on any atom is 0.269 e. The average Bonchev–Trinajstić information content (AvgIpc) is 2.17. The highest BCUT2D eigenvalue weighted by Crippen LogP contribution is 2.01. The van der Waals surface area contributed by atoms with E-state index in [0.717, 1.165) is 18.6 Å². The number of aliphatic imine (C=N–C) groups is 1. The van der Waals surface area contributed by atoms with Crippen LogP contribution in [0.3, 0.4) is 0 Å². The minimum Gasteiger partial charge on any atom is -0.267 e. The molecule has 0 unspecified atom stereocenters. The molecule has 0 spiro atoms. The molecule has 1 amide bonds. The van der Waals surface area contributed by atoms with Gasteiger partial charge in [-0.3, -0.25) is 4.79 Å². The average molecular weight is 123 g/mol. The molecule has 0 aliphatic carbocycles. The van der Waals surface area contributed by atoms with Crippen molar-refractivity contribution in [2.75, 3.05) is 0 Å². The van der Waals surface area contributed by atoms with Crippen molar-refractivity contribution < 1.29 is 4.79 Å². The molecule has 1 heterocycles. The van der Waals surface area contributed by atoms with Gasteiger partial charge in [0.1, 0.15) is 0 Å². The molecule has 0 aromatic rings. The Morgan fingerprint density at radius 2 is 2.33 bits per heavy atom. The van der Waals surface area contributed by atoms with Gasteiger partial charge in [-0.05, 0) is 12.5 Å². The van der Waals surface area contributed by atoms with Crippen molar-refractivity contribution in [3.63, 3.8) is 0 Å². The normalized spacial score (nSPS) is 16.6. The molecule has 0 saturated carbocycles. The van der Waals surface area contributed by atoms with E-state index in [4.69, 9.17) is 0 Å². The standard InChI is InChI=1S/C7H9NO/c1-2-3-6-4-5-7(9)8-6/h4-5H,2-3H2,1H3. The Hall–Kier alpha value is -0.920. The van der Waals surface area contributed by atoms with E-state index in [1.165, 1.54) is 6.08 Å². The predicted molar refractivity (Wildman–Crippen MR) is 36.5 cm³/mol. The molecular formula is C7H9NO. The fourth-order valence-electron chi connectivity index (χ4n) is 0.779. The quantitative estimate of drug-likeness (QED) is 0.544. The molecular weight excluding hydrogens is 114 g/mol. The highest BCUT2D eigenvalue weighted by molar-refractivity contribution is 6.12. The number of carbonyl (C=O) groups is 1. The van der Waals surface area contributed by atoms with Crippen LogP contribution in [-0.2, 0) is 4.79 Å². The molecule has 2 heteroatoms. The second kappa shape index (κ2) is 2.58. The fraction of sp³-hybridized carbons (Fsp3) is 0.429. The van der Waals surface area contributed by atoms with Crippen molar-refractivity contribution >= 4 is 11.6 Å². The molecule has 48 valence electrons. The van der Waals surface area contributed by atoms with Crippen LogP contribution in [0.5, 0.6) is 0 Å². The zero-order chi connectivity index (χ0) is 6.69. The highest BCUT2D eigenvalue weighted by atomic mass is 16.1. The SMILES string of the molecule is CCCC1=NC(=O)C=C1. The molecule has 0 radical (unpaired) electrons. The number of allylic oxidation sites excluding steroid dienone is 1. The first kappa shape index (κ1) is 6.20. The lowest BCUT2D eigenvalue weighted by Crippen LogP contribution is -1.88. The smallest absolute Gasteiger partial charge is 0.267 e. The summed E-state index contributed by atoms with van der Waals surface area (Å²) >= 11 is 0. The van der Waals surface area contributed by atoms with E-state index >= 15 is 0 Å². The summed E-state index contributed by atoms with van der Waals surface area (Å²) in [6, 6.07) is 0. The van der Waals surface area contributed by atoms with Crippen LogP contribution >= 0.6 is 0 Å². The van der Waals surface area contributed by atoms with E-state index in [-0.39, 0.29) is 5.91 Å². The Balaban J connectivity index is 2.53. The van der Waals surface area contributed by atoms with Crippen LogP contribution in [0.1, 0.15) is 19.8 Å². The van der Waals surface area contributed by atoms with Crippen molar-refractivity contribution in [1.82, 2.24) is 0 Å². The summed E-state index contributed by atoms with van der Waals surface area (Å²) in [7, 11) is 0.